The van der Waals surface area contributed by atoms with Crippen LogP contribution in [0.15, 0.2) is 60.1 Å². The van der Waals surface area contributed by atoms with Crippen molar-refractivity contribution in [2.75, 3.05) is 18.5 Å². The van der Waals surface area contributed by atoms with E-state index in [9.17, 15) is 14.4 Å². The zero-order valence-corrected chi connectivity index (χ0v) is 16.9. The smallest absolute Gasteiger partial charge is 0.342 e. The first-order valence-corrected chi connectivity index (χ1v) is 9.94. The number of imide groups is 1. The van der Waals surface area contributed by atoms with Gasteiger partial charge in [0.2, 0.25) is 0 Å². The summed E-state index contributed by atoms with van der Waals surface area (Å²) in [6.45, 7) is 1.87. The standard InChI is InChI=1S/C21H19N3O5S/c1-2-28-15-9-7-14(8-10-15)23-19-16(5-3-11-22-19)21(27)29-13-18(25)24-20(26)17-6-4-12-30-17/h3-12H,2,13H2,1H3,(H,22,23)(H,24,25,26). The number of nitrogens with zero attached hydrogens (tertiary/aromatic N) is 1. The molecule has 8 nitrogen and oxygen atoms in total. The van der Waals surface area contributed by atoms with Gasteiger partial charge in [0.05, 0.1) is 11.5 Å². The molecular formula is C21H19N3O5S. The molecule has 0 saturated carbocycles. The molecule has 2 aromatic heterocycles. The fraction of sp³-hybridized carbons (Fsp3) is 0.143. The van der Waals surface area contributed by atoms with Crippen LogP contribution < -0.4 is 15.4 Å². The molecule has 1 aromatic carbocycles. The molecule has 0 saturated heterocycles. The van der Waals surface area contributed by atoms with E-state index in [1.165, 1.54) is 23.6 Å². The lowest BCUT2D eigenvalue weighted by molar-refractivity contribution is -0.123. The average Bonchev–Trinajstić information content (AvgIpc) is 3.29. The Kier molecular flexibility index (Phi) is 7.12. The summed E-state index contributed by atoms with van der Waals surface area (Å²) in [7, 11) is 0. The maximum atomic E-state index is 12.4. The predicted molar refractivity (Wildman–Crippen MR) is 112 cm³/mol. The summed E-state index contributed by atoms with van der Waals surface area (Å²) in [5, 5.41) is 6.93. The van der Waals surface area contributed by atoms with E-state index < -0.39 is 24.4 Å². The average molecular weight is 425 g/mol. The Bertz CT molecular complexity index is 1020. The van der Waals surface area contributed by atoms with Gasteiger partial charge >= 0.3 is 5.97 Å². The molecule has 0 unspecified atom stereocenters. The molecule has 0 aliphatic rings. The minimum atomic E-state index is -0.741. The minimum Gasteiger partial charge on any atom is -0.494 e. The highest BCUT2D eigenvalue weighted by Gasteiger charge is 2.17. The zero-order chi connectivity index (χ0) is 21.3. The number of aromatic nitrogens is 1. The summed E-state index contributed by atoms with van der Waals surface area (Å²) in [5.74, 6) is -0.985. The summed E-state index contributed by atoms with van der Waals surface area (Å²) in [4.78, 5) is 40.7. The third-order valence-electron chi connectivity index (χ3n) is 3.79. The lowest BCUT2D eigenvalue weighted by Gasteiger charge is -2.11. The Morgan fingerprint density at radius 3 is 2.57 bits per heavy atom. The Labute approximate surface area is 176 Å². The molecule has 0 aliphatic heterocycles. The number of rotatable bonds is 8. The van der Waals surface area contributed by atoms with Gasteiger partial charge in [0, 0.05) is 11.9 Å². The van der Waals surface area contributed by atoms with Crippen LogP contribution in [0.5, 0.6) is 5.75 Å². The van der Waals surface area contributed by atoms with Gasteiger partial charge in [-0.1, -0.05) is 6.07 Å². The first-order valence-electron chi connectivity index (χ1n) is 9.06. The molecule has 154 valence electrons. The topological polar surface area (TPSA) is 107 Å². The molecule has 0 spiro atoms. The predicted octanol–water partition coefficient (Wildman–Crippen LogP) is 3.40. The van der Waals surface area contributed by atoms with Gasteiger partial charge in [-0.3, -0.25) is 14.9 Å². The van der Waals surface area contributed by atoms with Gasteiger partial charge in [-0.15, -0.1) is 11.3 Å². The maximum Gasteiger partial charge on any atom is 0.342 e. The van der Waals surface area contributed by atoms with Crippen molar-refractivity contribution >= 4 is 40.6 Å². The molecule has 2 heterocycles. The van der Waals surface area contributed by atoms with Crippen LogP contribution in [0, 0.1) is 0 Å². The number of nitrogens with one attached hydrogen (secondary N) is 2. The second-order valence-electron chi connectivity index (χ2n) is 5.91. The van der Waals surface area contributed by atoms with E-state index in [-0.39, 0.29) is 11.4 Å². The van der Waals surface area contributed by atoms with Crippen molar-refractivity contribution in [1.82, 2.24) is 10.3 Å². The molecular weight excluding hydrogens is 406 g/mol. The number of ether oxygens (including phenoxy) is 2. The molecule has 0 fully saturated rings. The zero-order valence-electron chi connectivity index (χ0n) is 16.1. The number of benzene rings is 1. The molecule has 0 radical (unpaired) electrons. The Hall–Kier alpha value is -3.72. The van der Waals surface area contributed by atoms with E-state index >= 15 is 0 Å². The summed E-state index contributed by atoms with van der Waals surface area (Å²) in [6, 6.07) is 13.6. The highest BCUT2D eigenvalue weighted by molar-refractivity contribution is 7.12. The van der Waals surface area contributed by atoms with Crippen LogP contribution >= 0.6 is 11.3 Å². The maximum absolute atomic E-state index is 12.4. The summed E-state index contributed by atoms with van der Waals surface area (Å²) in [5.41, 5.74) is 0.856. The van der Waals surface area contributed by atoms with Gasteiger partial charge in [-0.05, 0) is 54.8 Å². The van der Waals surface area contributed by atoms with Crippen LogP contribution in [0.2, 0.25) is 0 Å². The van der Waals surface area contributed by atoms with Crippen molar-refractivity contribution in [3.05, 3.63) is 70.5 Å². The van der Waals surface area contributed by atoms with Crippen molar-refractivity contribution in [2.24, 2.45) is 0 Å². The highest BCUT2D eigenvalue weighted by atomic mass is 32.1. The number of carbonyl (C=O) groups excluding carboxylic acids is 3. The number of hydrogen-bond donors (Lipinski definition) is 2. The Morgan fingerprint density at radius 2 is 1.87 bits per heavy atom. The van der Waals surface area contributed by atoms with Crippen LogP contribution in [0.1, 0.15) is 27.0 Å². The van der Waals surface area contributed by atoms with Gasteiger partial charge in [-0.25, -0.2) is 9.78 Å². The molecule has 9 heteroatoms. The monoisotopic (exact) mass is 425 g/mol. The van der Waals surface area contributed by atoms with Crippen molar-refractivity contribution in [3.63, 3.8) is 0 Å². The first kappa shape index (κ1) is 21.0. The number of amides is 2. The quantitative estimate of drug-likeness (QED) is 0.533. The molecule has 0 atom stereocenters. The summed E-state index contributed by atoms with van der Waals surface area (Å²) >= 11 is 1.20. The number of pyridine rings is 1. The second kappa shape index (κ2) is 10.2. The highest BCUT2D eigenvalue weighted by Crippen LogP contribution is 2.21. The fourth-order valence-corrected chi connectivity index (χ4v) is 3.07. The largest absolute Gasteiger partial charge is 0.494 e. The summed E-state index contributed by atoms with van der Waals surface area (Å²) < 4.78 is 10.4. The third kappa shape index (κ3) is 5.65. The Balaban J connectivity index is 1.59. The second-order valence-corrected chi connectivity index (χ2v) is 6.86. The normalized spacial score (nSPS) is 10.2. The molecule has 2 N–H and O–H groups in total. The molecule has 2 amide bonds. The van der Waals surface area contributed by atoms with Gasteiger partial charge in [0.1, 0.15) is 17.1 Å². The van der Waals surface area contributed by atoms with E-state index in [2.05, 4.69) is 15.6 Å². The number of esters is 1. The van der Waals surface area contributed by atoms with Crippen LogP contribution in [-0.4, -0.2) is 36.0 Å². The van der Waals surface area contributed by atoms with E-state index in [4.69, 9.17) is 9.47 Å². The first-order chi connectivity index (χ1) is 14.6. The number of carbonyl (C=O) groups is 3. The van der Waals surface area contributed by atoms with Crippen molar-refractivity contribution in [1.29, 1.82) is 0 Å². The third-order valence-corrected chi connectivity index (χ3v) is 4.66. The molecule has 30 heavy (non-hydrogen) atoms. The van der Waals surface area contributed by atoms with Gasteiger partial charge in [0.15, 0.2) is 6.61 Å². The van der Waals surface area contributed by atoms with Crippen LogP contribution in [-0.2, 0) is 9.53 Å². The number of hydrogen-bond acceptors (Lipinski definition) is 8. The van der Waals surface area contributed by atoms with Crippen molar-refractivity contribution in [3.8, 4) is 5.75 Å². The SMILES string of the molecule is CCOc1ccc(Nc2ncccc2C(=O)OCC(=O)NC(=O)c2cccs2)cc1. The Morgan fingerprint density at radius 1 is 1.07 bits per heavy atom. The van der Waals surface area contributed by atoms with Gasteiger partial charge in [-0.2, -0.15) is 0 Å². The number of thiophene rings is 1. The van der Waals surface area contributed by atoms with Crippen molar-refractivity contribution in [2.45, 2.75) is 6.92 Å². The fourth-order valence-electron chi connectivity index (χ4n) is 2.45. The number of anilines is 2. The molecule has 3 rings (SSSR count). The van der Waals surface area contributed by atoms with E-state index in [0.717, 1.165) is 5.75 Å². The lowest BCUT2D eigenvalue weighted by atomic mass is 10.2. The van der Waals surface area contributed by atoms with Gasteiger partial charge < -0.3 is 14.8 Å². The lowest BCUT2D eigenvalue weighted by Crippen LogP contribution is -2.33. The van der Waals surface area contributed by atoms with E-state index in [0.29, 0.717) is 17.2 Å². The van der Waals surface area contributed by atoms with Crippen LogP contribution in [0.3, 0.4) is 0 Å². The van der Waals surface area contributed by atoms with Crippen LogP contribution in [0.4, 0.5) is 11.5 Å². The van der Waals surface area contributed by atoms with E-state index in [1.807, 2.05) is 6.92 Å². The van der Waals surface area contributed by atoms with E-state index in [1.54, 1.807) is 47.8 Å². The van der Waals surface area contributed by atoms with Gasteiger partial charge in [0.25, 0.3) is 11.8 Å². The molecule has 0 aliphatic carbocycles. The van der Waals surface area contributed by atoms with Crippen molar-refractivity contribution < 1.29 is 23.9 Å². The molecule has 0 bridgehead atoms. The van der Waals surface area contributed by atoms with Crippen LogP contribution in [0.25, 0.3) is 0 Å². The summed E-state index contributed by atoms with van der Waals surface area (Å²) in [6.07, 6.45) is 1.53. The minimum absolute atomic E-state index is 0.156. The molecule has 3 aromatic rings.